The van der Waals surface area contributed by atoms with Crippen LogP contribution in [-0.4, -0.2) is 151 Å². The largest absolute Gasteiger partial charge is 2.00 e. The van der Waals surface area contributed by atoms with Gasteiger partial charge in [0.2, 0.25) is 0 Å². The Bertz CT molecular complexity index is 1610. The Labute approximate surface area is 370 Å². The van der Waals surface area contributed by atoms with Gasteiger partial charge in [-0.05, 0) is 73.9 Å². The molecule has 0 spiro atoms. The van der Waals surface area contributed by atoms with Gasteiger partial charge in [-0.1, -0.05) is 0 Å². The molecule has 0 amide bonds. The van der Waals surface area contributed by atoms with Gasteiger partial charge in [0.15, 0.2) is 0 Å². The third-order valence-electron chi connectivity index (χ3n) is 8.59. The maximum atomic E-state index is 11.0. The summed E-state index contributed by atoms with van der Waals surface area (Å²) in [6.07, 6.45) is 10.4. The van der Waals surface area contributed by atoms with E-state index in [1.165, 1.54) is 0 Å². The van der Waals surface area contributed by atoms with E-state index in [0.717, 1.165) is 16.7 Å². The van der Waals surface area contributed by atoms with Crippen LogP contribution in [0.4, 0.5) is 0 Å². The van der Waals surface area contributed by atoms with Gasteiger partial charge in [0, 0.05) is 127 Å². The smallest absolute Gasteiger partial charge is 0.507 e. The van der Waals surface area contributed by atoms with Gasteiger partial charge < -0.3 is 20.5 Å². The molecule has 3 aromatic rings. The maximum absolute atomic E-state index is 11.0. The summed E-state index contributed by atoms with van der Waals surface area (Å²) in [5, 5.41) is 46.8. The van der Waals surface area contributed by atoms with Crippen LogP contribution < -0.4 is 0 Å². The number of aliphatic imine (C=N–C) groups is 6. The van der Waals surface area contributed by atoms with Crippen molar-refractivity contribution in [3.05, 3.63) is 96.6 Å². The average Bonchev–Trinajstić information content (AvgIpc) is 3.11. The van der Waals surface area contributed by atoms with Crippen LogP contribution in [0, 0.1) is 70.8 Å². The molecule has 303 valence electrons. The molecule has 0 aromatic heterocycles. The first-order chi connectivity index (χ1) is 26.0. The van der Waals surface area contributed by atoms with Gasteiger partial charge in [-0.3, -0.25) is 39.8 Å². The van der Waals surface area contributed by atoms with E-state index in [1.807, 2.05) is 57.2 Å². The topological polar surface area (TPSA) is 205 Å². The molecule has 0 atom stereocenters. The van der Waals surface area contributed by atoms with E-state index in [4.69, 9.17) is 15.3 Å². The number of phenolic OH excluding ortho intramolecular Hbond substituents is 3. The van der Waals surface area contributed by atoms with Crippen LogP contribution >= 0.6 is 0 Å². The molecule has 8 bridgehead atoms. The second kappa shape index (κ2) is 25.3. The summed E-state index contributed by atoms with van der Waals surface area (Å²) in [5.74, 6) is 0.490. The first-order valence-electron chi connectivity index (χ1n) is 17.8. The molecule has 4 N–H and O–H groups in total. The Kier molecular flexibility index (Phi) is 21.8. The van der Waals surface area contributed by atoms with Crippen molar-refractivity contribution in [1.82, 2.24) is 9.80 Å². The molecule has 0 unspecified atom stereocenters. The van der Waals surface area contributed by atoms with Crippen molar-refractivity contribution in [2.24, 2.45) is 30.0 Å². The number of fused-ring (bicyclic) bond motifs is 12. The number of rotatable bonds is 0. The van der Waals surface area contributed by atoms with Gasteiger partial charge in [0.05, 0.1) is 39.3 Å². The van der Waals surface area contributed by atoms with E-state index in [-0.39, 0.29) is 74.3 Å². The predicted octanol–water partition coefficient (Wildman–Crippen LogP) is 3.92. The molecule has 6 rings (SSSR count). The normalized spacial score (nSPS) is 17.8. The number of benzene rings is 3. The molecule has 3 aromatic carbocycles. The third-order valence-corrected chi connectivity index (χ3v) is 8.59. The zero-order valence-electron chi connectivity index (χ0n) is 31.7. The van der Waals surface area contributed by atoms with Gasteiger partial charge in [0.1, 0.15) is 17.2 Å². The van der Waals surface area contributed by atoms with Crippen LogP contribution in [0.5, 0.6) is 17.2 Å². The molecular weight excluding hydrogens is 911 g/mol. The van der Waals surface area contributed by atoms with Crippen molar-refractivity contribution >= 4 is 37.3 Å². The number of nitrogens with zero attached hydrogens (tertiary/aromatic N) is 9. The molecular formula is C39H49CuGdN9O6+2. The Morgan fingerprint density at radius 1 is 0.482 bits per heavy atom. The number of hydrogen-bond acceptors (Lipinski definition) is 13. The number of hydrogen-bond donors (Lipinski definition) is 4. The van der Waals surface area contributed by atoms with Gasteiger partial charge in [-0.15, -0.1) is 10.1 Å². The van der Waals surface area contributed by atoms with Crippen molar-refractivity contribution in [2.75, 3.05) is 78.5 Å². The molecule has 1 radical (unpaired) electrons. The first kappa shape index (κ1) is 48.2. The fraction of sp³-hybridized carbons (Fsp3) is 0.385. The van der Waals surface area contributed by atoms with Gasteiger partial charge in [-0.25, -0.2) is 0 Å². The van der Waals surface area contributed by atoms with Crippen molar-refractivity contribution in [3.63, 3.8) is 0 Å². The molecule has 0 fully saturated rings. The number of aromatic hydroxyl groups is 3. The summed E-state index contributed by atoms with van der Waals surface area (Å²) in [5.41, 5.74) is 6.98. The number of phenols is 3. The van der Waals surface area contributed by atoms with Crippen LogP contribution in [0.3, 0.4) is 0 Å². The van der Waals surface area contributed by atoms with Crippen molar-refractivity contribution in [3.8, 4) is 17.2 Å². The van der Waals surface area contributed by atoms with E-state index in [1.54, 1.807) is 37.3 Å². The van der Waals surface area contributed by atoms with Crippen LogP contribution in [0.1, 0.15) is 50.1 Å². The van der Waals surface area contributed by atoms with Crippen LogP contribution in [0.25, 0.3) is 0 Å². The standard InChI is InChI=1S/C39H48N8O3.Cu.Gd.HNO3/c1-28-16-31-22-40-4-10-46-12-6-42-24-33-18-29(2)19-34(38(33)49)25-43-7-13-47(11-5-41-23-32(17-28)37(31)48)15-9-45-27-36-21-30(3)20-35(39(36)50)26-44-8-14-46;;;2-1(3)4/h16-27,48-50H,4-15H2,1-3H3;;;(H,2,3,4)/q;;+2;. The minimum Gasteiger partial charge on any atom is -0.507 e. The zero-order chi connectivity index (χ0) is 38.9. The molecule has 3 aliphatic heterocycles. The summed E-state index contributed by atoms with van der Waals surface area (Å²) in [7, 11) is 0. The van der Waals surface area contributed by atoms with Crippen molar-refractivity contribution < 1.29 is 82.6 Å². The maximum Gasteiger partial charge on any atom is 2.00 e. The molecule has 3 heterocycles. The van der Waals surface area contributed by atoms with E-state index >= 15 is 0 Å². The monoisotopic (exact) mass is 960 g/mol. The van der Waals surface area contributed by atoms with E-state index in [9.17, 15) is 15.3 Å². The minimum absolute atomic E-state index is 0. The summed E-state index contributed by atoms with van der Waals surface area (Å²) < 4.78 is 0. The second-order valence-corrected chi connectivity index (χ2v) is 13.0. The Hall–Kier alpha value is -3.96. The van der Waals surface area contributed by atoms with Gasteiger partial charge in [-0.2, -0.15) is 0 Å². The Balaban J connectivity index is 0.00000172. The molecule has 15 nitrogen and oxygen atoms in total. The average molecular weight is 961 g/mol. The Morgan fingerprint density at radius 3 is 0.804 bits per heavy atom. The van der Waals surface area contributed by atoms with Crippen molar-refractivity contribution in [2.45, 2.75) is 20.8 Å². The SMILES string of the molecule is Cc1cc2c(O)c(c1)C=NCCN1CCN=Cc3cc(C)cc(c3O)C=NCCN(CCN=C2)CCN=Cc2cc(C)cc(c2O)C=NCC1.O=[N+]([O-])O.[Cu].[Gd+2]. The molecule has 0 saturated heterocycles. The summed E-state index contributed by atoms with van der Waals surface area (Å²) in [6, 6.07) is 11.5. The van der Waals surface area contributed by atoms with E-state index in [2.05, 4.69) is 39.8 Å². The van der Waals surface area contributed by atoms with Crippen LogP contribution in [0.2, 0.25) is 0 Å². The zero-order valence-corrected chi connectivity index (χ0v) is 34.9. The fourth-order valence-corrected chi connectivity index (χ4v) is 5.94. The fourth-order valence-electron chi connectivity index (χ4n) is 5.94. The van der Waals surface area contributed by atoms with E-state index < -0.39 is 5.09 Å². The summed E-state index contributed by atoms with van der Waals surface area (Å²) >= 11 is 0. The summed E-state index contributed by atoms with van der Waals surface area (Å²) in [4.78, 5) is 40.8. The summed E-state index contributed by atoms with van der Waals surface area (Å²) in [6.45, 7) is 13.0. The third kappa shape index (κ3) is 16.3. The molecule has 56 heavy (non-hydrogen) atoms. The first-order valence-corrected chi connectivity index (χ1v) is 17.8. The molecule has 0 aliphatic carbocycles. The quantitative estimate of drug-likeness (QED) is 0.147. The van der Waals surface area contributed by atoms with E-state index in [0.29, 0.717) is 112 Å². The van der Waals surface area contributed by atoms with Gasteiger partial charge in [0.25, 0.3) is 5.09 Å². The Morgan fingerprint density at radius 2 is 0.643 bits per heavy atom. The van der Waals surface area contributed by atoms with Crippen molar-refractivity contribution in [1.29, 1.82) is 0 Å². The second-order valence-electron chi connectivity index (χ2n) is 13.0. The molecule has 17 heteroatoms. The molecule has 3 aliphatic rings. The van der Waals surface area contributed by atoms with Gasteiger partial charge >= 0.3 is 39.9 Å². The minimum atomic E-state index is -1.50. The van der Waals surface area contributed by atoms with Crippen LogP contribution in [-0.2, 0) is 17.1 Å². The predicted molar refractivity (Wildman–Crippen MR) is 215 cm³/mol. The molecule has 0 saturated carbocycles. The van der Waals surface area contributed by atoms with Crippen LogP contribution in [0.15, 0.2) is 66.4 Å². The number of aryl methyl sites for hydroxylation is 3.